The Morgan fingerprint density at radius 2 is 2.20 bits per heavy atom. The van der Waals surface area contributed by atoms with E-state index in [0.29, 0.717) is 13.2 Å². The molecule has 1 unspecified atom stereocenters. The van der Waals surface area contributed by atoms with Crippen molar-refractivity contribution in [2.45, 2.75) is 26.4 Å². The summed E-state index contributed by atoms with van der Waals surface area (Å²) in [6.45, 7) is 6.22. The lowest BCUT2D eigenvalue weighted by atomic mass is 10.3. The second kappa shape index (κ2) is 6.55. The maximum atomic E-state index is 9.63. The minimum absolute atomic E-state index is 0.0337. The fourth-order valence-corrected chi connectivity index (χ4v) is 0.646. The molecule has 0 aromatic rings. The topological polar surface area (TPSA) is 35.5 Å². The molecule has 0 N–H and O–H groups in total. The van der Waals surface area contributed by atoms with E-state index in [2.05, 4.69) is 4.74 Å². The maximum absolute atomic E-state index is 9.63. The average Bonchev–Trinajstić information content (AvgIpc) is 1.98. The van der Waals surface area contributed by atoms with Crippen molar-refractivity contribution in [3.8, 4) is 0 Å². The van der Waals surface area contributed by atoms with Crippen molar-refractivity contribution in [3.05, 3.63) is 0 Å². The van der Waals surface area contributed by atoms with E-state index in [1.54, 1.807) is 0 Å². The normalized spacial score (nSPS) is 12.6. The Kier molecular flexibility index (Phi) is 6.18. The first kappa shape index (κ1) is 9.43. The first-order chi connectivity index (χ1) is 4.85. The van der Waals surface area contributed by atoms with Crippen LogP contribution in [0.15, 0.2) is 0 Å². The van der Waals surface area contributed by atoms with E-state index in [9.17, 15) is 4.79 Å². The predicted octanol–water partition coefficient (Wildman–Crippen LogP) is 0.885. The van der Waals surface area contributed by atoms with Gasteiger partial charge < -0.3 is 9.47 Å². The van der Waals surface area contributed by atoms with Crippen LogP contribution in [0.2, 0.25) is 0 Å². The van der Waals surface area contributed by atoms with Gasteiger partial charge in [0.25, 0.3) is 0 Å². The molecule has 0 rings (SSSR count). The summed E-state index contributed by atoms with van der Waals surface area (Å²) in [4.78, 5) is 9.63. The summed E-state index contributed by atoms with van der Waals surface area (Å²) in [5.41, 5.74) is 0. The molecule has 0 aliphatic heterocycles. The Balaban J connectivity index is 3.29. The average molecular weight is 145 g/mol. The summed E-state index contributed by atoms with van der Waals surface area (Å²) < 4.78 is 9.60. The van der Waals surface area contributed by atoms with E-state index in [0.717, 1.165) is 6.42 Å². The van der Waals surface area contributed by atoms with Crippen molar-refractivity contribution in [1.82, 2.24) is 0 Å². The fraction of sp³-hybridized carbons (Fsp3) is 0.857. The Bertz CT molecular complexity index is 82.9. The minimum Gasteiger partial charge on any atom is -0.455 e. The van der Waals surface area contributed by atoms with E-state index in [4.69, 9.17) is 4.74 Å². The van der Waals surface area contributed by atoms with Gasteiger partial charge in [0.05, 0.1) is 6.10 Å². The lowest BCUT2D eigenvalue weighted by Gasteiger charge is -2.11. The summed E-state index contributed by atoms with van der Waals surface area (Å²) in [7, 11) is 0. The smallest absolute Gasteiger partial charge is 0.417 e. The Labute approximate surface area is 61.3 Å². The van der Waals surface area contributed by atoms with Crippen molar-refractivity contribution in [2.75, 3.05) is 13.2 Å². The van der Waals surface area contributed by atoms with Gasteiger partial charge >= 0.3 is 6.47 Å². The third-order valence-corrected chi connectivity index (χ3v) is 1.19. The van der Waals surface area contributed by atoms with E-state index in [-0.39, 0.29) is 6.10 Å². The summed E-state index contributed by atoms with van der Waals surface area (Å²) in [5, 5.41) is 0. The summed E-state index contributed by atoms with van der Waals surface area (Å²) in [6.07, 6.45) is 0.890. The maximum Gasteiger partial charge on any atom is 0.417 e. The SMILES string of the molecule is CCOC(CC)CO[C]=O. The van der Waals surface area contributed by atoms with Crippen molar-refractivity contribution in [1.29, 1.82) is 0 Å². The van der Waals surface area contributed by atoms with Crippen molar-refractivity contribution in [3.63, 3.8) is 0 Å². The van der Waals surface area contributed by atoms with Crippen LogP contribution < -0.4 is 0 Å². The first-order valence-corrected chi connectivity index (χ1v) is 3.45. The molecule has 10 heavy (non-hydrogen) atoms. The van der Waals surface area contributed by atoms with Crippen LogP contribution in [0.1, 0.15) is 20.3 Å². The zero-order chi connectivity index (χ0) is 7.82. The molecule has 0 aromatic carbocycles. The van der Waals surface area contributed by atoms with E-state index >= 15 is 0 Å². The fourth-order valence-electron chi connectivity index (χ4n) is 0.646. The number of hydrogen-bond donors (Lipinski definition) is 0. The number of rotatable bonds is 6. The second-order valence-electron chi connectivity index (χ2n) is 1.88. The highest BCUT2D eigenvalue weighted by Gasteiger charge is 2.04. The number of carbonyl (C=O) groups excluding carboxylic acids is 1. The van der Waals surface area contributed by atoms with E-state index < -0.39 is 0 Å². The zero-order valence-corrected chi connectivity index (χ0v) is 6.42. The van der Waals surface area contributed by atoms with Crippen LogP contribution in [0.3, 0.4) is 0 Å². The van der Waals surface area contributed by atoms with Gasteiger partial charge in [0, 0.05) is 6.61 Å². The van der Waals surface area contributed by atoms with Gasteiger partial charge in [0.1, 0.15) is 6.61 Å². The van der Waals surface area contributed by atoms with Gasteiger partial charge in [-0.15, -0.1) is 0 Å². The quantitative estimate of drug-likeness (QED) is 0.556. The van der Waals surface area contributed by atoms with Gasteiger partial charge in [0.2, 0.25) is 0 Å². The summed E-state index contributed by atoms with van der Waals surface area (Å²) in [5.74, 6) is 0. The highest BCUT2D eigenvalue weighted by Crippen LogP contribution is 1.96. The molecule has 0 bridgehead atoms. The second-order valence-corrected chi connectivity index (χ2v) is 1.88. The number of hydrogen-bond acceptors (Lipinski definition) is 3. The third-order valence-electron chi connectivity index (χ3n) is 1.19. The third kappa shape index (κ3) is 4.32. The molecule has 1 atom stereocenters. The van der Waals surface area contributed by atoms with Crippen molar-refractivity contribution >= 4 is 6.47 Å². The summed E-state index contributed by atoms with van der Waals surface area (Å²) >= 11 is 0. The Morgan fingerprint density at radius 1 is 1.50 bits per heavy atom. The highest BCUT2D eigenvalue weighted by atomic mass is 16.6. The van der Waals surface area contributed by atoms with E-state index in [1.807, 2.05) is 13.8 Å². The van der Waals surface area contributed by atoms with Crippen LogP contribution in [0.4, 0.5) is 0 Å². The predicted molar refractivity (Wildman–Crippen MR) is 37.4 cm³/mol. The lowest BCUT2D eigenvalue weighted by molar-refractivity contribution is 0.0213. The van der Waals surface area contributed by atoms with Crippen molar-refractivity contribution in [2.24, 2.45) is 0 Å². The molecule has 0 aromatic heterocycles. The number of ether oxygens (including phenoxy) is 2. The summed E-state index contributed by atoms with van der Waals surface area (Å²) in [6, 6.07) is 0. The molecule has 0 fully saturated rings. The van der Waals surface area contributed by atoms with Crippen molar-refractivity contribution < 1.29 is 14.3 Å². The van der Waals surface area contributed by atoms with Gasteiger partial charge in [-0.05, 0) is 13.3 Å². The Morgan fingerprint density at radius 3 is 2.60 bits per heavy atom. The van der Waals surface area contributed by atoms with Crippen LogP contribution in [0, 0.1) is 0 Å². The largest absolute Gasteiger partial charge is 0.455 e. The molecule has 3 heteroatoms. The molecule has 59 valence electrons. The van der Waals surface area contributed by atoms with E-state index in [1.165, 1.54) is 6.47 Å². The molecule has 0 spiro atoms. The van der Waals surface area contributed by atoms with Crippen LogP contribution in [0.5, 0.6) is 0 Å². The molecule has 0 amide bonds. The molecule has 0 aliphatic rings. The molecule has 0 saturated carbocycles. The van der Waals surface area contributed by atoms with Crippen LogP contribution in [-0.4, -0.2) is 25.8 Å². The molecule has 3 nitrogen and oxygen atoms in total. The van der Waals surface area contributed by atoms with Gasteiger partial charge in [0.15, 0.2) is 0 Å². The van der Waals surface area contributed by atoms with Gasteiger partial charge in [-0.1, -0.05) is 6.92 Å². The lowest BCUT2D eigenvalue weighted by Crippen LogP contribution is -2.18. The first-order valence-electron chi connectivity index (χ1n) is 3.45. The molecule has 0 heterocycles. The molecular formula is C7H13O3. The van der Waals surface area contributed by atoms with Crippen LogP contribution >= 0.6 is 0 Å². The van der Waals surface area contributed by atoms with Gasteiger partial charge in [-0.25, -0.2) is 4.79 Å². The Hall–Kier alpha value is -0.570. The monoisotopic (exact) mass is 145 g/mol. The van der Waals surface area contributed by atoms with Crippen LogP contribution in [-0.2, 0) is 14.3 Å². The molecular weight excluding hydrogens is 132 g/mol. The van der Waals surface area contributed by atoms with Gasteiger partial charge in [-0.2, -0.15) is 0 Å². The highest BCUT2D eigenvalue weighted by molar-refractivity contribution is 5.38. The molecule has 0 saturated heterocycles. The van der Waals surface area contributed by atoms with Gasteiger partial charge in [-0.3, -0.25) is 0 Å². The minimum atomic E-state index is 0.0337. The molecule has 1 radical (unpaired) electrons. The standard InChI is InChI=1S/C7H13O3/c1-3-7(10-4-2)5-9-6-8/h7H,3-5H2,1-2H3. The molecule has 0 aliphatic carbocycles. The van der Waals surface area contributed by atoms with Crippen LogP contribution in [0.25, 0.3) is 0 Å². The zero-order valence-electron chi connectivity index (χ0n) is 6.42.